The third-order valence-corrected chi connectivity index (χ3v) is 2.84. The number of carbonyl (C=O) groups excluding carboxylic acids is 3. The maximum atomic E-state index is 12.3. The standard InChI is InChI=1S/C15H17FN2O6/c16-7-12(19)11(6-14(21)22)18-13(20)8-17-15(23)24-9-10-4-2-1-3-5-10/h1-5,11H,6-9H2,(H,17,23)(H,18,20)(H,21,22). The molecule has 0 fully saturated rings. The number of benzene rings is 1. The maximum Gasteiger partial charge on any atom is 0.407 e. The number of alkyl carbamates (subject to hydrolysis) is 1. The maximum absolute atomic E-state index is 12.3. The van der Waals surface area contributed by atoms with Crippen LogP contribution in [-0.2, 0) is 25.7 Å². The molecule has 0 heterocycles. The average Bonchev–Trinajstić information content (AvgIpc) is 2.57. The molecule has 8 nitrogen and oxygen atoms in total. The van der Waals surface area contributed by atoms with Gasteiger partial charge in [0.2, 0.25) is 5.91 Å². The van der Waals surface area contributed by atoms with Crippen LogP contribution in [0.3, 0.4) is 0 Å². The molecular weight excluding hydrogens is 323 g/mol. The zero-order chi connectivity index (χ0) is 17.9. The number of carboxylic acids is 1. The lowest BCUT2D eigenvalue weighted by atomic mass is 10.1. The Balaban J connectivity index is 2.36. The first-order chi connectivity index (χ1) is 11.4. The van der Waals surface area contributed by atoms with Crippen molar-refractivity contribution in [1.29, 1.82) is 0 Å². The number of hydrogen-bond acceptors (Lipinski definition) is 5. The van der Waals surface area contributed by atoms with E-state index in [9.17, 15) is 23.6 Å². The van der Waals surface area contributed by atoms with Gasteiger partial charge in [0.25, 0.3) is 0 Å². The third-order valence-electron chi connectivity index (χ3n) is 2.84. The van der Waals surface area contributed by atoms with Crippen LogP contribution in [0.1, 0.15) is 12.0 Å². The summed E-state index contributed by atoms with van der Waals surface area (Å²) < 4.78 is 17.2. The van der Waals surface area contributed by atoms with Crippen molar-refractivity contribution in [2.45, 2.75) is 19.1 Å². The predicted octanol–water partition coefficient (Wildman–Crippen LogP) is 0.411. The van der Waals surface area contributed by atoms with E-state index in [-0.39, 0.29) is 6.61 Å². The number of aliphatic carboxylic acids is 1. The lowest BCUT2D eigenvalue weighted by molar-refractivity contribution is -0.140. The highest BCUT2D eigenvalue weighted by Gasteiger charge is 2.23. The summed E-state index contributed by atoms with van der Waals surface area (Å²) in [5.74, 6) is -3.26. The fourth-order valence-corrected chi connectivity index (χ4v) is 1.69. The van der Waals surface area contributed by atoms with Crippen molar-refractivity contribution in [3.8, 4) is 0 Å². The number of nitrogens with one attached hydrogen (secondary N) is 2. The molecule has 1 unspecified atom stereocenters. The fraction of sp³-hybridized carbons (Fsp3) is 0.333. The minimum absolute atomic E-state index is 0.0102. The van der Waals surface area contributed by atoms with E-state index in [2.05, 4.69) is 5.32 Å². The molecule has 3 N–H and O–H groups in total. The molecule has 1 aromatic rings. The van der Waals surface area contributed by atoms with Gasteiger partial charge in [0.05, 0.1) is 6.42 Å². The Bertz CT molecular complexity index is 593. The molecule has 0 spiro atoms. The summed E-state index contributed by atoms with van der Waals surface area (Å²) in [4.78, 5) is 44.8. The van der Waals surface area contributed by atoms with Crippen LogP contribution < -0.4 is 10.6 Å². The lowest BCUT2D eigenvalue weighted by Crippen LogP contribution is -2.47. The monoisotopic (exact) mass is 340 g/mol. The molecule has 0 aromatic heterocycles. The van der Waals surface area contributed by atoms with Crippen molar-refractivity contribution < 1.29 is 33.4 Å². The minimum Gasteiger partial charge on any atom is -0.481 e. The van der Waals surface area contributed by atoms with Crippen molar-refractivity contribution in [2.24, 2.45) is 0 Å². The minimum atomic E-state index is -1.48. The highest BCUT2D eigenvalue weighted by atomic mass is 19.1. The van der Waals surface area contributed by atoms with Crippen molar-refractivity contribution >= 4 is 23.8 Å². The van der Waals surface area contributed by atoms with E-state index >= 15 is 0 Å². The number of halogens is 1. The number of Topliss-reactive ketones (excluding diaryl/α,β-unsaturated/α-hetero) is 1. The molecule has 1 rings (SSSR count). The molecule has 0 aliphatic carbocycles. The summed E-state index contributed by atoms with van der Waals surface area (Å²) in [5.41, 5.74) is 0.757. The lowest BCUT2D eigenvalue weighted by Gasteiger charge is -2.14. The summed E-state index contributed by atoms with van der Waals surface area (Å²) in [5, 5.41) is 12.8. The number of rotatable bonds is 9. The highest BCUT2D eigenvalue weighted by molar-refractivity contribution is 5.93. The van der Waals surface area contributed by atoms with Gasteiger partial charge in [-0.15, -0.1) is 0 Å². The summed E-state index contributed by atoms with van der Waals surface area (Å²) in [6, 6.07) is 7.36. The van der Waals surface area contributed by atoms with E-state index in [1.165, 1.54) is 0 Å². The number of hydrogen-bond donors (Lipinski definition) is 3. The molecule has 0 aliphatic rings. The number of ketones is 1. The van der Waals surface area contributed by atoms with Gasteiger partial charge in [-0.1, -0.05) is 30.3 Å². The Morgan fingerprint density at radius 3 is 2.42 bits per heavy atom. The molecule has 0 saturated carbocycles. The number of carboxylic acid groups (broad SMARTS) is 1. The first kappa shape index (κ1) is 19.1. The van der Waals surface area contributed by atoms with Crippen molar-refractivity contribution in [2.75, 3.05) is 13.2 Å². The zero-order valence-electron chi connectivity index (χ0n) is 12.7. The van der Waals surface area contributed by atoms with E-state index in [1.54, 1.807) is 30.3 Å². The zero-order valence-corrected chi connectivity index (χ0v) is 12.7. The number of carbonyl (C=O) groups is 4. The van der Waals surface area contributed by atoms with E-state index in [4.69, 9.17) is 9.84 Å². The van der Waals surface area contributed by atoms with Crippen LogP contribution in [-0.4, -0.2) is 48.1 Å². The Hall–Kier alpha value is -2.97. The van der Waals surface area contributed by atoms with Gasteiger partial charge in [0, 0.05) is 0 Å². The van der Waals surface area contributed by atoms with E-state index in [0.29, 0.717) is 0 Å². The Kier molecular flexibility index (Phi) is 7.89. The number of ether oxygens (including phenoxy) is 1. The molecule has 0 aliphatic heterocycles. The smallest absolute Gasteiger partial charge is 0.407 e. The van der Waals surface area contributed by atoms with Gasteiger partial charge in [-0.3, -0.25) is 14.4 Å². The first-order valence-corrected chi connectivity index (χ1v) is 6.96. The van der Waals surface area contributed by atoms with Crippen molar-refractivity contribution in [1.82, 2.24) is 10.6 Å². The third kappa shape index (κ3) is 7.34. The normalized spacial score (nSPS) is 11.2. The SMILES string of the molecule is O=C(O)CC(NC(=O)CNC(=O)OCc1ccccc1)C(=O)CF. The van der Waals surface area contributed by atoms with Gasteiger partial charge >= 0.3 is 12.1 Å². The van der Waals surface area contributed by atoms with Gasteiger partial charge in [0.1, 0.15) is 25.9 Å². The topological polar surface area (TPSA) is 122 Å². The quantitative estimate of drug-likeness (QED) is 0.598. The molecule has 24 heavy (non-hydrogen) atoms. The molecular formula is C15H17FN2O6. The van der Waals surface area contributed by atoms with Gasteiger partial charge < -0.3 is 20.5 Å². The number of amides is 2. The van der Waals surface area contributed by atoms with Gasteiger partial charge in [-0.05, 0) is 5.56 Å². The second-order valence-electron chi connectivity index (χ2n) is 4.73. The molecule has 0 saturated heterocycles. The Morgan fingerprint density at radius 2 is 1.83 bits per heavy atom. The first-order valence-electron chi connectivity index (χ1n) is 6.96. The van der Waals surface area contributed by atoms with Gasteiger partial charge in [-0.25, -0.2) is 9.18 Å². The van der Waals surface area contributed by atoms with Crippen LogP contribution in [0.15, 0.2) is 30.3 Å². The fourth-order valence-electron chi connectivity index (χ4n) is 1.69. The van der Waals surface area contributed by atoms with Gasteiger partial charge in [0.15, 0.2) is 5.78 Å². The second kappa shape index (κ2) is 9.93. The Morgan fingerprint density at radius 1 is 1.17 bits per heavy atom. The van der Waals surface area contributed by atoms with Crippen LogP contribution in [0.5, 0.6) is 0 Å². The summed E-state index contributed by atoms with van der Waals surface area (Å²) in [6.07, 6.45) is -1.60. The van der Waals surface area contributed by atoms with E-state index < -0.39 is 49.4 Å². The van der Waals surface area contributed by atoms with E-state index in [1.807, 2.05) is 5.32 Å². The summed E-state index contributed by atoms with van der Waals surface area (Å²) >= 11 is 0. The van der Waals surface area contributed by atoms with Gasteiger partial charge in [-0.2, -0.15) is 0 Å². The number of alkyl halides is 1. The van der Waals surface area contributed by atoms with Crippen LogP contribution in [0.2, 0.25) is 0 Å². The molecule has 1 atom stereocenters. The molecule has 130 valence electrons. The van der Waals surface area contributed by atoms with Crippen LogP contribution in [0.4, 0.5) is 9.18 Å². The predicted molar refractivity (Wildman–Crippen MR) is 79.8 cm³/mol. The van der Waals surface area contributed by atoms with Crippen LogP contribution >= 0.6 is 0 Å². The van der Waals surface area contributed by atoms with Crippen LogP contribution in [0.25, 0.3) is 0 Å². The molecule has 0 bridgehead atoms. The molecule has 9 heteroatoms. The summed E-state index contributed by atoms with van der Waals surface area (Å²) in [6.45, 7) is -1.93. The summed E-state index contributed by atoms with van der Waals surface area (Å²) in [7, 11) is 0. The van der Waals surface area contributed by atoms with Crippen molar-refractivity contribution in [3.63, 3.8) is 0 Å². The average molecular weight is 340 g/mol. The molecule has 0 radical (unpaired) electrons. The molecule has 1 aromatic carbocycles. The molecule has 2 amide bonds. The highest BCUT2D eigenvalue weighted by Crippen LogP contribution is 2.00. The van der Waals surface area contributed by atoms with Crippen LogP contribution in [0, 0.1) is 0 Å². The largest absolute Gasteiger partial charge is 0.481 e. The Labute approximate surface area is 137 Å². The van der Waals surface area contributed by atoms with E-state index in [0.717, 1.165) is 5.56 Å². The second-order valence-corrected chi connectivity index (χ2v) is 4.73. The van der Waals surface area contributed by atoms with Crippen molar-refractivity contribution in [3.05, 3.63) is 35.9 Å².